The molecular formula is C30H19Cl3N2O4. The summed E-state index contributed by atoms with van der Waals surface area (Å²) in [6.07, 6.45) is 0. The van der Waals surface area contributed by atoms with Crippen LogP contribution >= 0.6 is 34.8 Å². The number of fused-ring (bicyclic) bond motifs is 1. The van der Waals surface area contributed by atoms with Crippen LogP contribution in [0.15, 0.2) is 96.4 Å². The molecule has 1 heterocycles. The Balaban J connectivity index is 1.42. The number of nitriles is 1. The highest BCUT2D eigenvalue weighted by atomic mass is 35.5. The second-order valence-corrected chi connectivity index (χ2v) is 9.91. The fourth-order valence-corrected chi connectivity index (χ4v) is 4.80. The molecule has 5 rings (SSSR count). The Bertz CT molecular complexity index is 1650. The zero-order chi connectivity index (χ0) is 27.5. The smallest absolute Gasteiger partial charge is 0.345 e. The second kappa shape index (κ2) is 11.3. The van der Waals surface area contributed by atoms with Crippen LogP contribution < -0.4 is 19.9 Å². The molecular weight excluding hydrogens is 559 g/mol. The topological polar surface area (TPSA) is 94.6 Å². The lowest BCUT2D eigenvalue weighted by Gasteiger charge is -2.27. The predicted molar refractivity (Wildman–Crippen MR) is 149 cm³/mol. The van der Waals surface area contributed by atoms with E-state index in [0.717, 1.165) is 11.1 Å². The van der Waals surface area contributed by atoms with Crippen molar-refractivity contribution in [2.45, 2.75) is 12.5 Å². The van der Waals surface area contributed by atoms with Gasteiger partial charge < -0.3 is 19.9 Å². The second-order valence-electron chi connectivity index (χ2n) is 8.63. The zero-order valence-electron chi connectivity index (χ0n) is 20.2. The number of rotatable bonds is 6. The van der Waals surface area contributed by atoms with E-state index in [1.807, 2.05) is 36.4 Å². The Hall–Kier alpha value is -4.15. The van der Waals surface area contributed by atoms with Gasteiger partial charge in [-0.1, -0.05) is 65.1 Å². The van der Waals surface area contributed by atoms with E-state index in [-0.39, 0.29) is 27.8 Å². The summed E-state index contributed by atoms with van der Waals surface area (Å²) in [7, 11) is 0. The molecule has 2 N–H and O–H groups in total. The van der Waals surface area contributed by atoms with Gasteiger partial charge in [-0.2, -0.15) is 5.26 Å². The molecule has 1 atom stereocenters. The summed E-state index contributed by atoms with van der Waals surface area (Å²) in [4.78, 5) is 12.7. The van der Waals surface area contributed by atoms with Crippen LogP contribution in [-0.2, 0) is 6.61 Å². The van der Waals surface area contributed by atoms with Crippen molar-refractivity contribution in [3.63, 3.8) is 0 Å². The van der Waals surface area contributed by atoms with E-state index in [2.05, 4.69) is 6.07 Å². The van der Waals surface area contributed by atoms with Gasteiger partial charge in [0.25, 0.3) is 0 Å². The van der Waals surface area contributed by atoms with Gasteiger partial charge in [0.05, 0.1) is 16.5 Å². The highest BCUT2D eigenvalue weighted by molar-refractivity contribution is 6.36. The Kier molecular flexibility index (Phi) is 7.67. The number of nitrogens with two attached hydrogens (primary N) is 1. The van der Waals surface area contributed by atoms with Crippen LogP contribution in [0.2, 0.25) is 15.1 Å². The average Bonchev–Trinajstić information content (AvgIpc) is 2.92. The lowest BCUT2D eigenvalue weighted by Crippen LogP contribution is -2.21. The Morgan fingerprint density at radius 3 is 2.44 bits per heavy atom. The third-order valence-corrected chi connectivity index (χ3v) is 6.86. The van der Waals surface area contributed by atoms with Crippen LogP contribution in [-0.4, -0.2) is 5.97 Å². The molecule has 0 saturated heterocycles. The van der Waals surface area contributed by atoms with Crippen LogP contribution in [0.4, 0.5) is 0 Å². The van der Waals surface area contributed by atoms with Gasteiger partial charge in [-0.3, -0.25) is 0 Å². The van der Waals surface area contributed by atoms with Gasteiger partial charge in [-0.15, -0.1) is 0 Å². The molecule has 1 aliphatic rings. The van der Waals surface area contributed by atoms with E-state index in [4.69, 9.17) is 54.7 Å². The molecule has 0 radical (unpaired) electrons. The average molecular weight is 578 g/mol. The lowest BCUT2D eigenvalue weighted by molar-refractivity contribution is 0.0734. The van der Waals surface area contributed by atoms with Crippen molar-refractivity contribution >= 4 is 40.8 Å². The molecule has 0 spiro atoms. The first-order valence-electron chi connectivity index (χ1n) is 11.7. The Morgan fingerprint density at radius 2 is 1.69 bits per heavy atom. The van der Waals surface area contributed by atoms with E-state index in [9.17, 15) is 10.1 Å². The maximum Gasteiger partial charge on any atom is 0.345 e. The number of nitrogens with zero attached hydrogens (tertiary/aromatic N) is 1. The minimum atomic E-state index is -0.657. The summed E-state index contributed by atoms with van der Waals surface area (Å²) in [5.41, 5.74) is 9.00. The van der Waals surface area contributed by atoms with Crippen molar-refractivity contribution in [1.82, 2.24) is 0 Å². The van der Waals surface area contributed by atoms with Crippen LogP contribution in [0.25, 0.3) is 0 Å². The predicted octanol–water partition coefficient (Wildman–Crippen LogP) is 7.66. The molecule has 194 valence electrons. The van der Waals surface area contributed by atoms with Gasteiger partial charge in [-0.05, 0) is 59.7 Å². The maximum atomic E-state index is 12.7. The van der Waals surface area contributed by atoms with Crippen LogP contribution in [0.1, 0.15) is 33.0 Å². The number of halogens is 3. The lowest BCUT2D eigenvalue weighted by atomic mass is 9.83. The minimum Gasteiger partial charge on any atom is -0.489 e. The van der Waals surface area contributed by atoms with Crippen molar-refractivity contribution < 1.29 is 19.0 Å². The van der Waals surface area contributed by atoms with Crippen molar-refractivity contribution in [3.8, 4) is 23.3 Å². The molecule has 0 bridgehead atoms. The standard InChI is InChI=1S/C30H19Cl3N2O4/c31-19-6-4-17(5-7-19)16-37-21-3-1-2-18(12-21)28-24-11-9-22(14-27(24)39-29(35)25(28)15-34)38-30(36)23-10-8-20(32)13-26(23)33/h1-14,28H,16,35H2. The molecule has 0 aliphatic carbocycles. The van der Waals surface area contributed by atoms with E-state index in [1.54, 1.807) is 36.4 Å². The van der Waals surface area contributed by atoms with Gasteiger partial charge in [0, 0.05) is 21.7 Å². The number of ether oxygens (including phenoxy) is 3. The molecule has 39 heavy (non-hydrogen) atoms. The fourth-order valence-electron chi connectivity index (χ4n) is 4.19. The molecule has 0 amide bonds. The Labute approximate surface area is 239 Å². The molecule has 0 aromatic heterocycles. The molecule has 0 saturated carbocycles. The van der Waals surface area contributed by atoms with E-state index < -0.39 is 11.9 Å². The Morgan fingerprint density at radius 1 is 0.923 bits per heavy atom. The third kappa shape index (κ3) is 5.81. The number of hydrogen-bond acceptors (Lipinski definition) is 6. The quantitative estimate of drug-likeness (QED) is 0.187. The van der Waals surface area contributed by atoms with Crippen molar-refractivity contribution in [3.05, 3.63) is 134 Å². The summed E-state index contributed by atoms with van der Waals surface area (Å²) in [5.74, 6) is -0.0132. The van der Waals surface area contributed by atoms with E-state index >= 15 is 0 Å². The maximum absolute atomic E-state index is 12.7. The zero-order valence-corrected chi connectivity index (χ0v) is 22.4. The van der Waals surface area contributed by atoms with Gasteiger partial charge in [0.15, 0.2) is 0 Å². The number of benzene rings is 4. The monoisotopic (exact) mass is 576 g/mol. The van der Waals surface area contributed by atoms with Crippen LogP contribution in [0.5, 0.6) is 17.2 Å². The van der Waals surface area contributed by atoms with Crippen molar-refractivity contribution in [2.75, 3.05) is 0 Å². The SMILES string of the molecule is N#CC1=C(N)Oc2cc(OC(=O)c3ccc(Cl)cc3Cl)ccc2C1c1cccc(OCc2ccc(Cl)cc2)c1. The summed E-state index contributed by atoms with van der Waals surface area (Å²) in [6.45, 7) is 0.348. The van der Waals surface area contributed by atoms with Crippen molar-refractivity contribution in [1.29, 1.82) is 5.26 Å². The summed E-state index contributed by atoms with van der Waals surface area (Å²) in [6, 6.07) is 26.4. The number of allylic oxidation sites excluding steroid dienone is 1. The van der Waals surface area contributed by atoms with Crippen LogP contribution in [0.3, 0.4) is 0 Å². The molecule has 1 aliphatic heterocycles. The first-order valence-corrected chi connectivity index (χ1v) is 12.8. The first kappa shape index (κ1) is 26.5. The number of hydrogen-bond donors (Lipinski definition) is 1. The van der Waals surface area contributed by atoms with Gasteiger partial charge in [-0.25, -0.2) is 4.79 Å². The van der Waals surface area contributed by atoms with Gasteiger partial charge in [0.1, 0.15) is 35.5 Å². The molecule has 6 nitrogen and oxygen atoms in total. The summed E-state index contributed by atoms with van der Waals surface area (Å²) < 4.78 is 17.3. The van der Waals surface area contributed by atoms with Crippen LogP contribution in [0, 0.1) is 11.3 Å². The molecule has 9 heteroatoms. The molecule has 4 aromatic rings. The molecule has 1 unspecified atom stereocenters. The minimum absolute atomic E-state index is 0.0355. The molecule has 0 fully saturated rings. The largest absolute Gasteiger partial charge is 0.489 e. The summed E-state index contributed by atoms with van der Waals surface area (Å²) >= 11 is 18.0. The fraction of sp³-hybridized carbons (Fsp3) is 0.0667. The van der Waals surface area contributed by atoms with Gasteiger partial charge in [0.2, 0.25) is 5.88 Å². The number of carbonyl (C=O) groups is 1. The van der Waals surface area contributed by atoms with E-state index in [0.29, 0.717) is 33.7 Å². The highest BCUT2D eigenvalue weighted by Crippen LogP contribution is 2.44. The number of esters is 1. The summed E-state index contributed by atoms with van der Waals surface area (Å²) in [5, 5.41) is 11.1. The first-order chi connectivity index (χ1) is 18.8. The van der Waals surface area contributed by atoms with Crippen molar-refractivity contribution in [2.24, 2.45) is 5.73 Å². The third-order valence-electron chi connectivity index (χ3n) is 6.06. The van der Waals surface area contributed by atoms with E-state index in [1.165, 1.54) is 12.1 Å². The highest BCUT2D eigenvalue weighted by Gasteiger charge is 2.31. The van der Waals surface area contributed by atoms with Gasteiger partial charge >= 0.3 is 5.97 Å². The number of carbonyl (C=O) groups excluding carboxylic acids is 1. The normalized spacial score (nSPS) is 14.2. The molecule has 4 aromatic carbocycles.